The molecule has 6 atom stereocenters. The molecule has 4 N–H and O–H groups in total. The highest BCUT2D eigenvalue weighted by Crippen LogP contribution is 2.26. The third kappa shape index (κ3) is 41.4. The lowest BCUT2D eigenvalue weighted by molar-refractivity contribution is -0.301. The fraction of sp³-hybridized carbons (Fsp3) is 0.712. The summed E-state index contributed by atoms with van der Waals surface area (Å²) >= 11 is 0. The maximum atomic E-state index is 12.9. The summed E-state index contributed by atoms with van der Waals surface area (Å²) in [4.78, 5) is 12.9. The van der Waals surface area contributed by atoms with Gasteiger partial charge in [-0.15, -0.1) is 0 Å². The molecular weight excluding hydrogens is 933 g/mol. The maximum absolute atomic E-state index is 12.9. The summed E-state index contributed by atoms with van der Waals surface area (Å²) in [7, 11) is -5.08. The lowest BCUT2D eigenvalue weighted by atomic mass is 9.99. The second-order valence-electron chi connectivity index (χ2n) is 18.8. The normalized spacial score (nSPS) is 19.7. The number of aliphatic hydroxyl groups excluding tert-OH is 3. The van der Waals surface area contributed by atoms with Gasteiger partial charge in [0.2, 0.25) is 0 Å². The van der Waals surface area contributed by atoms with Crippen LogP contribution in [-0.4, -0.2) is 97.5 Å². The number of carbonyl (C=O) groups excluding carboxylic acids is 1. The van der Waals surface area contributed by atoms with Crippen molar-refractivity contribution >= 4 is 16.4 Å². The number of ether oxygens (including phenoxy) is 4. The van der Waals surface area contributed by atoms with Gasteiger partial charge in [-0.25, -0.2) is 4.18 Å². The molecule has 0 aliphatic carbocycles. The fourth-order valence-electron chi connectivity index (χ4n) is 8.01. The number of hydrogen-bond donors (Lipinski definition) is 4. The minimum atomic E-state index is -5.08. The molecule has 0 spiro atoms. The molecule has 13 heteroatoms. The molecule has 0 bridgehead atoms. The Morgan fingerprint density at radius 1 is 0.542 bits per heavy atom. The molecule has 1 aliphatic heterocycles. The van der Waals surface area contributed by atoms with Crippen LogP contribution < -0.4 is 0 Å². The molecule has 1 saturated heterocycles. The van der Waals surface area contributed by atoms with E-state index in [4.69, 9.17) is 18.9 Å². The Hall–Kier alpha value is -2.98. The summed E-state index contributed by atoms with van der Waals surface area (Å²) in [5, 5.41) is 30.8. The van der Waals surface area contributed by atoms with Crippen LogP contribution in [0.25, 0.3) is 0 Å². The highest BCUT2D eigenvalue weighted by Gasteiger charge is 2.48. The molecule has 1 heterocycles. The van der Waals surface area contributed by atoms with E-state index in [2.05, 4.69) is 115 Å². The largest absolute Gasteiger partial charge is 0.457 e. The minimum absolute atomic E-state index is 0.00937. The van der Waals surface area contributed by atoms with Gasteiger partial charge in [-0.05, 0) is 89.9 Å². The maximum Gasteiger partial charge on any atom is 0.397 e. The number of rotatable bonds is 48. The molecule has 0 aromatic rings. The van der Waals surface area contributed by atoms with Crippen molar-refractivity contribution < 1.29 is 56.2 Å². The van der Waals surface area contributed by atoms with Crippen LogP contribution in [0, 0.1) is 0 Å². The first-order chi connectivity index (χ1) is 35.1. The third-order valence-electron chi connectivity index (χ3n) is 12.2. The molecule has 6 unspecified atom stereocenters. The van der Waals surface area contributed by atoms with Crippen LogP contribution in [0.4, 0.5) is 0 Å². The average Bonchev–Trinajstić information content (AvgIpc) is 3.36. The quantitative estimate of drug-likeness (QED) is 0.0196. The first-order valence-electron chi connectivity index (χ1n) is 28.0. The Labute approximate surface area is 437 Å². The number of aliphatic hydroxyl groups is 3. The van der Waals surface area contributed by atoms with Gasteiger partial charge in [0.15, 0.2) is 6.29 Å². The molecule has 0 aromatic heterocycles. The van der Waals surface area contributed by atoms with Crippen molar-refractivity contribution in [2.24, 2.45) is 0 Å². The van der Waals surface area contributed by atoms with Crippen molar-refractivity contribution in [1.82, 2.24) is 0 Å². The zero-order valence-corrected chi connectivity index (χ0v) is 45.5. The van der Waals surface area contributed by atoms with Crippen molar-refractivity contribution in [3.05, 3.63) is 97.2 Å². The van der Waals surface area contributed by atoms with Gasteiger partial charge >= 0.3 is 16.4 Å². The summed E-state index contributed by atoms with van der Waals surface area (Å²) in [6, 6.07) is 0. The highest BCUT2D eigenvalue weighted by molar-refractivity contribution is 7.80. The molecule has 0 amide bonds. The standard InChI is InChI=1S/C59H100O12S/c1-3-5-7-9-11-13-15-17-19-21-23-25-26-27-28-29-30-32-34-36-38-40-42-44-46-48-55(61)69-53(52-68-59-57(63)58(71-72(64,65)66)56(62)54(50-60)70-59)51-67-49-47-45-43-41-39-37-35-33-31-24-22-20-18-16-14-12-10-8-6-4-2/h6,8,12,14-15,17-18,20-21,23-24,31,35,37,41,43,53-54,56-60,62-63H,3-5,7,9-11,13,16,19,22,25-30,32-34,36,38-40,42,44-52H2,1-2H3,(H,64,65,66)/b8-6-,14-12-,17-15-,20-18-,23-21-,31-24-,37-35-,43-41-. The SMILES string of the molecule is CC/C=C\C/C=C\C/C=C\C/C=C\C/C=C\C/C=C\CCCOCC(COC1OC(CO)C(O)C(OS(=O)(=O)O)C1O)OC(=O)CCCCCCCCCCCCCCC/C=C\C/C=C\CCCCCCC. The summed E-state index contributed by atoms with van der Waals surface area (Å²) in [6.45, 7) is 3.72. The van der Waals surface area contributed by atoms with Crippen LogP contribution in [0.2, 0.25) is 0 Å². The van der Waals surface area contributed by atoms with E-state index >= 15 is 0 Å². The first-order valence-corrected chi connectivity index (χ1v) is 29.4. The van der Waals surface area contributed by atoms with Crippen LogP contribution >= 0.6 is 0 Å². The zero-order chi connectivity index (χ0) is 52.4. The van der Waals surface area contributed by atoms with E-state index in [9.17, 15) is 33.1 Å². The van der Waals surface area contributed by atoms with Gasteiger partial charge in [0.1, 0.15) is 30.5 Å². The second-order valence-corrected chi connectivity index (χ2v) is 19.8. The van der Waals surface area contributed by atoms with E-state index in [-0.39, 0.29) is 19.6 Å². The van der Waals surface area contributed by atoms with Gasteiger partial charge in [0.05, 0.1) is 19.8 Å². The van der Waals surface area contributed by atoms with E-state index in [0.29, 0.717) is 13.0 Å². The number of unbranched alkanes of at least 4 members (excludes halogenated alkanes) is 19. The topological polar surface area (TPSA) is 178 Å². The van der Waals surface area contributed by atoms with Gasteiger partial charge in [0.25, 0.3) is 0 Å². The summed E-state index contributed by atoms with van der Waals surface area (Å²) in [6.07, 6.45) is 58.8. The van der Waals surface area contributed by atoms with Crippen molar-refractivity contribution in [3.63, 3.8) is 0 Å². The van der Waals surface area contributed by atoms with Gasteiger partial charge in [-0.1, -0.05) is 207 Å². The third-order valence-corrected chi connectivity index (χ3v) is 12.7. The zero-order valence-electron chi connectivity index (χ0n) is 44.7. The molecule has 0 saturated carbocycles. The van der Waals surface area contributed by atoms with Crippen LogP contribution in [0.3, 0.4) is 0 Å². The fourth-order valence-corrected chi connectivity index (χ4v) is 8.52. The van der Waals surface area contributed by atoms with E-state index in [1.807, 2.05) is 0 Å². The lowest BCUT2D eigenvalue weighted by Crippen LogP contribution is -2.60. The monoisotopic (exact) mass is 1030 g/mol. The highest BCUT2D eigenvalue weighted by atomic mass is 32.3. The molecule has 0 radical (unpaired) electrons. The van der Waals surface area contributed by atoms with Crippen molar-refractivity contribution in [1.29, 1.82) is 0 Å². The second kappa shape index (κ2) is 48.9. The molecule has 1 fully saturated rings. The lowest BCUT2D eigenvalue weighted by Gasteiger charge is -2.41. The predicted molar refractivity (Wildman–Crippen MR) is 294 cm³/mol. The van der Waals surface area contributed by atoms with E-state index in [1.54, 1.807) is 0 Å². The Kier molecular flexibility index (Phi) is 45.6. The van der Waals surface area contributed by atoms with Crippen molar-refractivity contribution in [2.75, 3.05) is 26.4 Å². The summed E-state index contributed by atoms with van der Waals surface area (Å²) in [5.74, 6) is -0.422. The number of allylic oxidation sites excluding steroid dienone is 16. The van der Waals surface area contributed by atoms with Gasteiger partial charge in [0, 0.05) is 13.0 Å². The molecule has 414 valence electrons. The van der Waals surface area contributed by atoms with E-state index in [1.165, 1.54) is 103 Å². The van der Waals surface area contributed by atoms with E-state index in [0.717, 1.165) is 77.0 Å². The number of carbonyl (C=O) groups is 1. The van der Waals surface area contributed by atoms with Gasteiger partial charge in [-0.3, -0.25) is 9.35 Å². The Bertz CT molecular complexity index is 1620. The van der Waals surface area contributed by atoms with Gasteiger partial charge in [-0.2, -0.15) is 8.42 Å². The Morgan fingerprint density at radius 2 is 0.958 bits per heavy atom. The minimum Gasteiger partial charge on any atom is -0.457 e. The molecule has 12 nitrogen and oxygen atoms in total. The molecule has 72 heavy (non-hydrogen) atoms. The van der Waals surface area contributed by atoms with E-state index < -0.39 is 59.8 Å². The molecule has 1 aliphatic rings. The van der Waals surface area contributed by atoms with Gasteiger partial charge < -0.3 is 34.3 Å². The smallest absolute Gasteiger partial charge is 0.397 e. The summed E-state index contributed by atoms with van der Waals surface area (Å²) in [5.41, 5.74) is 0. The predicted octanol–water partition coefficient (Wildman–Crippen LogP) is 13.8. The van der Waals surface area contributed by atoms with Crippen LogP contribution in [0.5, 0.6) is 0 Å². The molecule has 0 aromatic carbocycles. The van der Waals surface area contributed by atoms with Crippen molar-refractivity contribution in [2.45, 2.75) is 243 Å². The first kappa shape index (κ1) is 67.0. The van der Waals surface area contributed by atoms with Crippen molar-refractivity contribution in [3.8, 4) is 0 Å². The Balaban J connectivity index is 2.35. The molecular formula is C59H100O12S. The average molecular weight is 1030 g/mol. The van der Waals surface area contributed by atoms with Crippen LogP contribution in [-0.2, 0) is 38.3 Å². The van der Waals surface area contributed by atoms with Crippen LogP contribution in [0.1, 0.15) is 206 Å². The number of esters is 1. The van der Waals surface area contributed by atoms with Crippen LogP contribution in [0.15, 0.2) is 97.2 Å². The molecule has 1 rings (SSSR count). The summed E-state index contributed by atoms with van der Waals surface area (Å²) < 4.78 is 59.3. The Morgan fingerprint density at radius 3 is 1.40 bits per heavy atom. The number of hydrogen-bond acceptors (Lipinski definition) is 11.